The number of alkyl carbamates (subject to hydrolysis) is 1. The lowest BCUT2D eigenvalue weighted by atomic mass is 9.95. The van der Waals surface area contributed by atoms with Gasteiger partial charge in [0.05, 0.1) is 12.1 Å². The number of nitrogens with one attached hydrogen (secondary N) is 1. The van der Waals surface area contributed by atoms with Gasteiger partial charge in [0.15, 0.2) is 0 Å². The molecule has 2 heterocycles. The van der Waals surface area contributed by atoms with Crippen LogP contribution in [0, 0.1) is 0 Å². The molecule has 2 unspecified atom stereocenters. The largest absolute Gasteiger partial charge is 0.444 e. The number of anilines is 1. The van der Waals surface area contributed by atoms with E-state index in [0.717, 1.165) is 31.5 Å². The van der Waals surface area contributed by atoms with Gasteiger partial charge in [-0.05, 0) is 52.2 Å². The summed E-state index contributed by atoms with van der Waals surface area (Å²) in [6.45, 7) is 10.5. The molecule has 1 saturated heterocycles. The van der Waals surface area contributed by atoms with Crippen LogP contribution < -0.4 is 10.2 Å². The van der Waals surface area contributed by atoms with Crippen LogP contribution in [0.2, 0.25) is 0 Å². The quantitative estimate of drug-likeness (QED) is 0.863. The van der Waals surface area contributed by atoms with Crippen LogP contribution >= 0.6 is 0 Å². The fourth-order valence-corrected chi connectivity index (χ4v) is 2.94. The Kier molecular flexibility index (Phi) is 5.64. The van der Waals surface area contributed by atoms with Gasteiger partial charge in [0.1, 0.15) is 5.60 Å². The molecule has 2 rings (SSSR count). The van der Waals surface area contributed by atoms with Crippen LogP contribution in [0.15, 0.2) is 37.2 Å². The van der Waals surface area contributed by atoms with E-state index in [1.165, 1.54) is 0 Å². The zero-order valence-corrected chi connectivity index (χ0v) is 14.3. The van der Waals surface area contributed by atoms with Gasteiger partial charge >= 0.3 is 6.09 Å². The first-order chi connectivity index (χ1) is 10.9. The van der Waals surface area contributed by atoms with Crippen molar-refractivity contribution in [2.24, 2.45) is 0 Å². The minimum atomic E-state index is -0.507. The number of aromatic nitrogens is 1. The van der Waals surface area contributed by atoms with E-state index in [2.05, 4.69) is 21.8 Å². The van der Waals surface area contributed by atoms with Crippen molar-refractivity contribution in [2.75, 3.05) is 11.4 Å². The topological polar surface area (TPSA) is 54.5 Å². The molecule has 1 aromatic rings. The van der Waals surface area contributed by atoms with Gasteiger partial charge in [0.25, 0.3) is 0 Å². The molecule has 1 amide bonds. The molecular formula is C18H27N3O2. The minimum Gasteiger partial charge on any atom is -0.444 e. The Balaban J connectivity index is 2.11. The van der Waals surface area contributed by atoms with E-state index in [1.54, 1.807) is 18.5 Å². The standard InChI is InChI=1S/C18H27N3O2/c1-5-15(20-17(22)23-18(2,3)4)16-8-6-7-13-21(16)14-9-11-19-12-10-14/h5,9-12,15-16H,1,6-8,13H2,2-4H3,(H,20,22). The summed E-state index contributed by atoms with van der Waals surface area (Å²) in [5.74, 6) is 0. The average Bonchev–Trinajstić information content (AvgIpc) is 2.52. The third kappa shape index (κ3) is 4.98. The molecule has 1 aromatic heterocycles. The number of rotatable bonds is 4. The maximum absolute atomic E-state index is 12.1. The summed E-state index contributed by atoms with van der Waals surface area (Å²) in [5, 5.41) is 2.96. The van der Waals surface area contributed by atoms with E-state index in [1.807, 2.05) is 32.9 Å². The average molecular weight is 317 g/mol. The van der Waals surface area contributed by atoms with Gasteiger partial charge in [-0.25, -0.2) is 4.79 Å². The molecular weight excluding hydrogens is 290 g/mol. The lowest BCUT2D eigenvalue weighted by molar-refractivity contribution is 0.0506. The Labute approximate surface area is 138 Å². The van der Waals surface area contributed by atoms with Gasteiger partial charge in [-0.15, -0.1) is 6.58 Å². The number of pyridine rings is 1. The summed E-state index contributed by atoms with van der Waals surface area (Å²) in [6, 6.07) is 4.03. The number of ether oxygens (including phenoxy) is 1. The summed E-state index contributed by atoms with van der Waals surface area (Å²) in [6.07, 6.45) is 8.30. The molecule has 1 aliphatic heterocycles. The highest BCUT2D eigenvalue weighted by Gasteiger charge is 2.30. The van der Waals surface area contributed by atoms with E-state index in [4.69, 9.17) is 4.74 Å². The minimum absolute atomic E-state index is 0.154. The first-order valence-corrected chi connectivity index (χ1v) is 8.19. The van der Waals surface area contributed by atoms with Gasteiger partial charge in [-0.3, -0.25) is 4.98 Å². The molecule has 5 heteroatoms. The van der Waals surface area contributed by atoms with E-state index >= 15 is 0 Å². The first-order valence-electron chi connectivity index (χ1n) is 8.19. The van der Waals surface area contributed by atoms with Crippen LogP contribution in [0.5, 0.6) is 0 Å². The summed E-state index contributed by atoms with van der Waals surface area (Å²) in [4.78, 5) is 18.5. The Hall–Kier alpha value is -2.04. The fraction of sp³-hybridized carbons (Fsp3) is 0.556. The maximum atomic E-state index is 12.1. The van der Waals surface area contributed by atoms with Crippen molar-refractivity contribution in [1.29, 1.82) is 0 Å². The number of amides is 1. The lowest BCUT2D eigenvalue weighted by Crippen LogP contribution is -2.53. The molecule has 1 N–H and O–H groups in total. The van der Waals surface area contributed by atoms with Crippen molar-refractivity contribution in [3.05, 3.63) is 37.2 Å². The van der Waals surface area contributed by atoms with Crippen molar-refractivity contribution >= 4 is 11.8 Å². The Morgan fingerprint density at radius 1 is 1.43 bits per heavy atom. The second kappa shape index (κ2) is 7.49. The highest BCUT2D eigenvalue weighted by Crippen LogP contribution is 2.26. The molecule has 1 aliphatic rings. The van der Waals surface area contributed by atoms with Gasteiger partial charge in [0, 0.05) is 24.6 Å². The van der Waals surface area contributed by atoms with E-state index in [0.29, 0.717) is 0 Å². The molecule has 0 aliphatic carbocycles. The number of carbonyl (C=O) groups excluding carboxylic acids is 1. The number of carbonyl (C=O) groups is 1. The lowest BCUT2D eigenvalue weighted by Gasteiger charge is -2.41. The van der Waals surface area contributed by atoms with Crippen LogP contribution in [-0.2, 0) is 4.74 Å². The van der Waals surface area contributed by atoms with Crippen molar-refractivity contribution in [3.8, 4) is 0 Å². The molecule has 1 fully saturated rings. The Bertz CT molecular complexity index is 525. The molecule has 2 atom stereocenters. The van der Waals surface area contributed by atoms with Crippen molar-refractivity contribution in [1.82, 2.24) is 10.3 Å². The molecule has 5 nitrogen and oxygen atoms in total. The van der Waals surface area contributed by atoms with Crippen molar-refractivity contribution in [3.63, 3.8) is 0 Å². The van der Waals surface area contributed by atoms with Crippen molar-refractivity contribution in [2.45, 2.75) is 57.7 Å². The van der Waals surface area contributed by atoms with Crippen LogP contribution in [0.25, 0.3) is 0 Å². The maximum Gasteiger partial charge on any atom is 0.408 e. The number of hydrogen-bond donors (Lipinski definition) is 1. The summed E-state index contributed by atoms with van der Waals surface area (Å²) in [7, 11) is 0. The molecule has 0 radical (unpaired) electrons. The molecule has 126 valence electrons. The molecule has 0 spiro atoms. The molecule has 0 saturated carbocycles. The molecule has 23 heavy (non-hydrogen) atoms. The first kappa shape index (κ1) is 17.3. The summed E-state index contributed by atoms with van der Waals surface area (Å²) >= 11 is 0. The SMILES string of the molecule is C=CC(NC(=O)OC(C)(C)C)C1CCCCN1c1ccncc1. The monoisotopic (exact) mass is 317 g/mol. The normalized spacial score (nSPS) is 19.8. The summed E-state index contributed by atoms with van der Waals surface area (Å²) in [5.41, 5.74) is 0.621. The Morgan fingerprint density at radius 2 is 2.13 bits per heavy atom. The fourth-order valence-electron chi connectivity index (χ4n) is 2.94. The number of piperidine rings is 1. The van der Waals surface area contributed by atoms with E-state index in [9.17, 15) is 4.79 Å². The highest BCUT2D eigenvalue weighted by atomic mass is 16.6. The zero-order chi connectivity index (χ0) is 16.9. The van der Waals surface area contributed by atoms with Crippen LogP contribution in [0.1, 0.15) is 40.0 Å². The van der Waals surface area contributed by atoms with Gasteiger partial charge < -0.3 is 15.0 Å². The van der Waals surface area contributed by atoms with E-state index < -0.39 is 11.7 Å². The van der Waals surface area contributed by atoms with Gasteiger partial charge in [-0.2, -0.15) is 0 Å². The highest BCUT2D eigenvalue weighted by molar-refractivity contribution is 5.68. The van der Waals surface area contributed by atoms with Crippen LogP contribution in [0.4, 0.5) is 10.5 Å². The second-order valence-electron chi connectivity index (χ2n) is 6.87. The third-order valence-corrected chi connectivity index (χ3v) is 3.90. The van der Waals surface area contributed by atoms with Crippen LogP contribution in [0.3, 0.4) is 0 Å². The van der Waals surface area contributed by atoms with Crippen molar-refractivity contribution < 1.29 is 9.53 Å². The summed E-state index contributed by atoms with van der Waals surface area (Å²) < 4.78 is 5.38. The molecule has 0 bridgehead atoms. The number of nitrogens with zero attached hydrogens (tertiary/aromatic N) is 2. The predicted octanol–water partition coefficient (Wildman–Crippen LogP) is 3.52. The Morgan fingerprint density at radius 3 is 2.74 bits per heavy atom. The predicted molar refractivity (Wildman–Crippen MR) is 92.6 cm³/mol. The van der Waals surface area contributed by atoms with E-state index in [-0.39, 0.29) is 12.1 Å². The molecule has 0 aromatic carbocycles. The number of hydrogen-bond acceptors (Lipinski definition) is 4. The second-order valence-corrected chi connectivity index (χ2v) is 6.87. The smallest absolute Gasteiger partial charge is 0.408 e. The van der Waals surface area contributed by atoms with Gasteiger partial charge in [0.2, 0.25) is 0 Å². The third-order valence-electron chi connectivity index (χ3n) is 3.90. The van der Waals surface area contributed by atoms with Crippen LogP contribution in [-0.4, -0.2) is 35.3 Å². The van der Waals surface area contributed by atoms with Gasteiger partial charge in [-0.1, -0.05) is 6.08 Å². The zero-order valence-electron chi connectivity index (χ0n) is 14.3.